The maximum Gasteiger partial charge on any atom is 0.240 e. The summed E-state index contributed by atoms with van der Waals surface area (Å²) in [6, 6.07) is 0. The van der Waals surface area contributed by atoms with Crippen LogP contribution in [-0.2, 0) is 6.54 Å². The normalized spacial score (nSPS) is 21.2. The lowest BCUT2D eigenvalue weighted by Crippen LogP contribution is -2.35. The summed E-state index contributed by atoms with van der Waals surface area (Å²) in [5, 5.41) is 3.80. The first-order valence-corrected chi connectivity index (χ1v) is 5.99. The molecule has 0 aliphatic carbocycles. The van der Waals surface area contributed by atoms with Crippen LogP contribution in [0.15, 0.2) is 4.52 Å². The number of hydrogen-bond donors (Lipinski definition) is 1. The van der Waals surface area contributed by atoms with Crippen LogP contribution < -0.4 is 5.73 Å². The molecule has 2 rings (SSSR count). The lowest BCUT2D eigenvalue weighted by molar-refractivity contribution is 0.146. The van der Waals surface area contributed by atoms with Crippen molar-refractivity contribution in [3.8, 4) is 0 Å². The van der Waals surface area contributed by atoms with Gasteiger partial charge in [0.05, 0.1) is 6.54 Å². The van der Waals surface area contributed by atoms with Crippen molar-refractivity contribution in [2.45, 2.75) is 32.7 Å². The van der Waals surface area contributed by atoms with Crippen LogP contribution in [0.25, 0.3) is 0 Å². The van der Waals surface area contributed by atoms with Crippen LogP contribution in [0.5, 0.6) is 0 Å². The summed E-state index contributed by atoms with van der Waals surface area (Å²) in [6.07, 6.45) is 3.67. The molecule has 2 heterocycles. The van der Waals surface area contributed by atoms with Gasteiger partial charge in [-0.1, -0.05) is 5.16 Å². The molecule has 0 spiro atoms. The van der Waals surface area contributed by atoms with E-state index in [0.29, 0.717) is 5.82 Å². The third-order valence-electron chi connectivity index (χ3n) is 3.11. The van der Waals surface area contributed by atoms with Crippen LogP contribution in [0.3, 0.4) is 0 Å². The van der Waals surface area contributed by atoms with E-state index in [0.717, 1.165) is 44.4 Å². The molecule has 0 saturated carbocycles. The summed E-state index contributed by atoms with van der Waals surface area (Å²) in [4.78, 5) is 6.62. The Morgan fingerprint density at radius 2 is 2.35 bits per heavy atom. The van der Waals surface area contributed by atoms with Crippen LogP contribution >= 0.6 is 12.4 Å². The van der Waals surface area contributed by atoms with Crippen molar-refractivity contribution in [1.82, 2.24) is 15.0 Å². The van der Waals surface area contributed by atoms with Gasteiger partial charge in [0.25, 0.3) is 0 Å². The number of hydrogen-bond acceptors (Lipinski definition) is 5. The van der Waals surface area contributed by atoms with Crippen molar-refractivity contribution < 1.29 is 4.52 Å². The number of nitrogens with two attached hydrogens (primary N) is 1. The molecule has 5 nitrogen and oxygen atoms in total. The molecule has 1 aromatic heterocycles. The van der Waals surface area contributed by atoms with Gasteiger partial charge in [0, 0.05) is 6.54 Å². The lowest BCUT2D eigenvalue weighted by atomic mass is 9.95. The van der Waals surface area contributed by atoms with E-state index in [9.17, 15) is 0 Å². The highest BCUT2D eigenvalue weighted by atomic mass is 35.5. The van der Waals surface area contributed by atoms with E-state index >= 15 is 0 Å². The smallest absolute Gasteiger partial charge is 0.240 e. The van der Waals surface area contributed by atoms with Crippen molar-refractivity contribution >= 4 is 12.4 Å². The Bertz CT molecular complexity index is 329. The van der Waals surface area contributed by atoms with Gasteiger partial charge in [0.2, 0.25) is 5.89 Å². The van der Waals surface area contributed by atoms with Crippen LogP contribution in [0.1, 0.15) is 31.0 Å². The molecule has 6 heteroatoms. The minimum Gasteiger partial charge on any atom is -0.338 e. The summed E-state index contributed by atoms with van der Waals surface area (Å²) >= 11 is 0. The van der Waals surface area contributed by atoms with Crippen molar-refractivity contribution in [3.05, 3.63) is 11.7 Å². The van der Waals surface area contributed by atoms with E-state index in [2.05, 4.69) is 15.0 Å². The summed E-state index contributed by atoms with van der Waals surface area (Å²) in [5.74, 6) is 2.18. The summed E-state index contributed by atoms with van der Waals surface area (Å²) < 4.78 is 5.13. The first-order chi connectivity index (χ1) is 7.78. The van der Waals surface area contributed by atoms with Crippen LogP contribution in [-0.4, -0.2) is 34.7 Å². The number of halogens is 1. The van der Waals surface area contributed by atoms with E-state index in [1.54, 1.807) is 0 Å². The van der Waals surface area contributed by atoms with Gasteiger partial charge in [-0.05, 0) is 45.2 Å². The van der Waals surface area contributed by atoms with Gasteiger partial charge in [-0.25, -0.2) is 0 Å². The predicted octanol–water partition coefficient (Wildman–Crippen LogP) is 1.36. The van der Waals surface area contributed by atoms with E-state index in [4.69, 9.17) is 10.3 Å². The van der Waals surface area contributed by atoms with Gasteiger partial charge in [-0.15, -0.1) is 12.4 Å². The molecular weight excluding hydrogens is 240 g/mol. The number of likely N-dealkylation sites (tertiary alicyclic amines) is 1. The Labute approximate surface area is 108 Å². The van der Waals surface area contributed by atoms with Crippen molar-refractivity contribution in [3.63, 3.8) is 0 Å². The van der Waals surface area contributed by atoms with E-state index in [1.165, 1.54) is 12.8 Å². The van der Waals surface area contributed by atoms with Crippen molar-refractivity contribution in [2.24, 2.45) is 11.7 Å². The van der Waals surface area contributed by atoms with Crippen molar-refractivity contribution in [1.29, 1.82) is 0 Å². The molecule has 2 N–H and O–H groups in total. The Morgan fingerprint density at radius 1 is 1.53 bits per heavy atom. The molecule has 1 aromatic rings. The fourth-order valence-corrected chi connectivity index (χ4v) is 2.36. The minimum atomic E-state index is 0. The first-order valence-electron chi connectivity index (χ1n) is 5.99. The minimum absolute atomic E-state index is 0. The highest BCUT2D eigenvalue weighted by Crippen LogP contribution is 2.20. The van der Waals surface area contributed by atoms with Crippen LogP contribution in [0.2, 0.25) is 0 Å². The van der Waals surface area contributed by atoms with E-state index in [1.807, 2.05) is 6.92 Å². The van der Waals surface area contributed by atoms with Gasteiger partial charge >= 0.3 is 0 Å². The maximum absolute atomic E-state index is 5.60. The zero-order valence-electron chi connectivity index (χ0n) is 10.3. The molecule has 0 amide bonds. The average molecular weight is 261 g/mol. The SMILES string of the molecule is Cc1noc(CN2CCCC(CCN)C2)n1.Cl. The summed E-state index contributed by atoms with van der Waals surface area (Å²) in [6.45, 7) is 5.65. The molecule has 1 saturated heterocycles. The number of aromatic nitrogens is 2. The highest BCUT2D eigenvalue weighted by molar-refractivity contribution is 5.85. The number of rotatable bonds is 4. The lowest BCUT2D eigenvalue weighted by Gasteiger charge is -2.31. The fraction of sp³-hybridized carbons (Fsp3) is 0.818. The fourth-order valence-electron chi connectivity index (χ4n) is 2.36. The van der Waals surface area contributed by atoms with Gasteiger partial charge in [-0.2, -0.15) is 4.98 Å². The zero-order valence-corrected chi connectivity index (χ0v) is 11.1. The third-order valence-corrected chi connectivity index (χ3v) is 3.11. The van der Waals surface area contributed by atoms with Gasteiger partial charge < -0.3 is 10.3 Å². The zero-order chi connectivity index (χ0) is 11.4. The summed E-state index contributed by atoms with van der Waals surface area (Å²) in [5.41, 5.74) is 5.60. The second-order valence-electron chi connectivity index (χ2n) is 4.56. The molecule has 1 aliphatic rings. The van der Waals surface area contributed by atoms with Gasteiger partial charge in [0.1, 0.15) is 0 Å². The Balaban J connectivity index is 0.00000144. The largest absolute Gasteiger partial charge is 0.338 e. The molecule has 1 atom stereocenters. The van der Waals surface area contributed by atoms with Crippen LogP contribution in [0.4, 0.5) is 0 Å². The Kier molecular flexibility index (Phi) is 5.88. The number of nitrogens with zero attached hydrogens (tertiary/aromatic N) is 3. The number of aryl methyl sites for hydroxylation is 1. The second kappa shape index (κ2) is 6.93. The maximum atomic E-state index is 5.60. The van der Waals surface area contributed by atoms with Gasteiger partial charge in [0.15, 0.2) is 5.82 Å². The Morgan fingerprint density at radius 3 is 3.00 bits per heavy atom. The standard InChI is InChI=1S/C11H20N4O.ClH/c1-9-13-11(16-14-9)8-15-6-2-3-10(7-15)4-5-12;/h10H,2-8,12H2,1H3;1H. The molecule has 0 aromatic carbocycles. The molecule has 1 aliphatic heterocycles. The van der Waals surface area contributed by atoms with E-state index in [-0.39, 0.29) is 12.4 Å². The van der Waals surface area contributed by atoms with Gasteiger partial charge in [-0.3, -0.25) is 4.90 Å². The van der Waals surface area contributed by atoms with Crippen LogP contribution in [0, 0.1) is 12.8 Å². The quantitative estimate of drug-likeness (QED) is 0.885. The molecular formula is C11H21ClN4O. The van der Waals surface area contributed by atoms with Crippen molar-refractivity contribution in [2.75, 3.05) is 19.6 Å². The third kappa shape index (κ3) is 4.26. The summed E-state index contributed by atoms with van der Waals surface area (Å²) in [7, 11) is 0. The first kappa shape index (κ1) is 14.4. The molecule has 17 heavy (non-hydrogen) atoms. The monoisotopic (exact) mass is 260 g/mol. The molecule has 1 unspecified atom stereocenters. The number of piperidine rings is 1. The molecule has 0 bridgehead atoms. The highest BCUT2D eigenvalue weighted by Gasteiger charge is 2.20. The second-order valence-corrected chi connectivity index (χ2v) is 4.56. The molecule has 1 fully saturated rings. The average Bonchev–Trinajstić information content (AvgIpc) is 2.65. The molecule has 98 valence electrons. The molecule has 0 radical (unpaired) electrons. The Hall–Kier alpha value is -0.650. The topological polar surface area (TPSA) is 68.2 Å². The van der Waals surface area contributed by atoms with E-state index < -0.39 is 0 Å². The predicted molar refractivity (Wildman–Crippen MR) is 68.0 cm³/mol.